The summed E-state index contributed by atoms with van der Waals surface area (Å²) >= 11 is 12.5. The summed E-state index contributed by atoms with van der Waals surface area (Å²) in [4.78, 5) is 14.3. The van der Waals surface area contributed by atoms with E-state index in [9.17, 15) is 4.79 Å². The number of benzene rings is 2. The molecule has 1 saturated heterocycles. The van der Waals surface area contributed by atoms with E-state index in [0.29, 0.717) is 15.6 Å². The van der Waals surface area contributed by atoms with E-state index in [0.717, 1.165) is 54.5 Å². The molecule has 154 valence electrons. The first-order chi connectivity index (χ1) is 14.5. The predicted octanol–water partition coefficient (Wildman–Crippen LogP) is 5.92. The standard InChI is InChI=1S/C23H20Cl2N2O3/c24-16-1-2-21-18(11-16)20(12-22(28)30-21)26-17-3-6-27(7-4-17)13-14-9-15-5-8-29-23(15)19(25)10-14/h1-2,5,8-12,17,26H,3-4,6-7,13H2. The maximum atomic E-state index is 11.9. The van der Waals surface area contributed by atoms with Crippen LogP contribution >= 0.6 is 23.2 Å². The molecule has 0 saturated carbocycles. The Bertz CT molecular complexity index is 1270. The van der Waals surface area contributed by atoms with Crippen molar-refractivity contribution in [3.05, 3.63) is 74.8 Å². The van der Waals surface area contributed by atoms with E-state index in [-0.39, 0.29) is 11.7 Å². The van der Waals surface area contributed by atoms with Crippen molar-refractivity contribution in [2.75, 3.05) is 18.4 Å². The lowest BCUT2D eigenvalue weighted by Crippen LogP contribution is -2.38. The number of halogens is 2. The fraction of sp³-hybridized carbons (Fsp3) is 0.261. The van der Waals surface area contributed by atoms with E-state index in [4.69, 9.17) is 32.0 Å². The van der Waals surface area contributed by atoms with Gasteiger partial charge in [0.1, 0.15) is 5.58 Å². The van der Waals surface area contributed by atoms with Crippen LogP contribution in [0.15, 0.2) is 62.4 Å². The smallest absolute Gasteiger partial charge is 0.338 e. The third-order valence-electron chi connectivity index (χ3n) is 5.62. The Morgan fingerprint density at radius 2 is 1.90 bits per heavy atom. The van der Waals surface area contributed by atoms with Crippen molar-refractivity contribution < 1.29 is 8.83 Å². The molecule has 5 rings (SSSR count). The Hall–Kier alpha value is -2.47. The topological polar surface area (TPSA) is 58.6 Å². The van der Waals surface area contributed by atoms with Gasteiger partial charge in [-0.2, -0.15) is 0 Å². The highest BCUT2D eigenvalue weighted by Crippen LogP contribution is 2.29. The Kier molecular flexibility index (Phi) is 5.19. The van der Waals surface area contributed by atoms with Gasteiger partial charge in [-0.15, -0.1) is 0 Å². The molecule has 30 heavy (non-hydrogen) atoms. The predicted molar refractivity (Wildman–Crippen MR) is 121 cm³/mol. The summed E-state index contributed by atoms with van der Waals surface area (Å²) in [5.41, 5.74) is 2.87. The van der Waals surface area contributed by atoms with Crippen molar-refractivity contribution in [2.45, 2.75) is 25.4 Å². The quantitative estimate of drug-likeness (QED) is 0.397. The lowest BCUT2D eigenvalue weighted by Gasteiger charge is -2.33. The van der Waals surface area contributed by atoms with Gasteiger partial charge in [-0.05, 0) is 54.8 Å². The molecule has 1 aliphatic rings. The number of furan rings is 1. The molecule has 4 aromatic rings. The second kappa shape index (κ2) is 7.99. The monoisotopic (exact) mass is 442 g/mol. The van der Waals surface area contributed by atoms with Gasteiger partial charge in [0, 0.05) is 47.5 Å². The largest absolute Gasteiger partial charge is 0.463 e. The summed E-state index contributed by atoms with van der Waals surface area (Å²) in [5.74, 6) is 0. The number of hydrogen-bond donors (Lipinski definition) is 1. The van der Waals surface area contributed by atoms with Gasteiger partial charge in [0.25, 0.3) is 0 Å². The number of piperidine rings is 1. The Morgan fingerprint density at radius 1 is 1.07 bits per heavy atom. The third kappa shape index (κ3) is 3.93. The van der Waals surface area contributed by atoms with Gasteiger partial charge in [-0.3, -0.25) is 4.90 Å². The summed E-state index contributed by atoms with van der Waals surface area (Å²) in [5, 5.41) is 6.65. The van der Waals surface area contributed by atoms with Crippen LogP contribution in [0.25, 0.3) is 21.9 Å². The van der Waals surface area contributed by atoms with E-state index in [1.807, 2.05) is 18.2 Å². The average Bonchev–Trinajstić information content (AvgIpc) is 3.19. The van der Waals surface area contributed by atoms with Gasteiger partial charge in [0.15, 0.2) is 5.58 Å². The first kappa shape index (κ1) is 19.5. The molecular weight excluding hydrogens is 423 g/mol. The normalized spacial score (nSPS) is 15.8. The minimum absolute atomic E-state index is 0.283. The van der Waals surface area contributed by atoms with Crippen LogP contribution in [0.2, 0.25) is 10.0 Å². The van der Waals surface area contributed by atoms with Crippen LogP contribution in [0.3, 0.4) is 0 Å². The van der Waals surface area contributed by atoms with Gasteiger partial charge in [-0.25, -0.2) is 4.79 Å². The second-order valence-corrected chi connectivity index (χ2v) is 8.57. The molecule has 1 aliphatic heterocycles. The number of rotatable bonds is 4. The third-order valence-corrected chi connectivity index (χ3v) is 6.14. The second-order valence-electron chi connectivity index (χ2n) is 7.73. The van der Waals surface area contributed by atoms with Gasteiger partial charge in [0.2, 0.25) is 0 Å². The summed E-state index contributed by atoms with van der Waals surface area (Å²) < 4.78 is 10.7. The lowest BCUT2D eigenvalue weighted by molar-refractivity contribution is 0.211. The van der Waals surface area contributed by atoms with Crippen LogP contribution in [0.4, 0.5) is 5.69 Å². The van der Waals surface area contributed by atoms with Crippen molar-refractivity contribution in [1.29, 1.82) is 0 Å². The summed E-state index contributed by atoms with van der Waals surface area (Å²) in [6.45, 7) is 2.76. The first-order valence-electron chi connectivity index (χ1n) is 9.93. The molecule has 0 atom stereocenters. The Morgan fingerprint density at radius 3 is 2.73 bits per heavy atom. The molecule has 2 aromatic heterocycles. The average molecular weight is 443 g/mol. The highest BCUT2D eigenvalue weighted by atomic mass is 35.5. The Labute approximate surface area is 183 Å². The summed E-state index contributed by atoms with van der Waals surface area (Å²) in [6, 6.07) is 13.1. The molecule has 3 heterocycles. The molecule has 2 aromatic carbocycles. The Balaban J connectivity index is 1.27. The zero-order valence-corrected chi connectivity index (χ0v) is 17.7. The molecule has 0 bridgehead atoms. The van der Waals surface area contributed by atoms with E-state index in [1.54, 1.807) is 18.4 Å². The number of likely N-dealkylation sites (tertiary alicyclic amines) is 1. The van der Waals surface area contributed by atoms with Crippen LogP contribution in [0, 0.1) is 0 Å². The highest BCUT2D eigenvalue weighted by molar-refractivity contribution is 6.34. The van der Waals surface area contributed by atoms with E-state index in [1.165, 1.54) is 11.6 Å². The van der Waals surface area contributed by atoms with Crippen molar-refractivity contribution in [2.24, 2.45) is 0 Å². The van der Waals surface area contributed by atoms with Gasteiger partial charge in [0.05, 0.1) is 17.0 Å². The minimum atomic E-state index is -0.365. The van der Waals surface area contributed by atoms with Crippen LogP contribution in [-0.4, -0.2) is 24.0 Å². The molecule has 0 aliphatic carbocycles. The summed E-state index contributed by atoms with van der Waals surface area (Å²) in [7, 11) is 0. The molecule has 0 radical (unpaired) electrons. The van der Waals surface area contributed by atoms with Crippen molar-refractivity contribution in [3.8, 4) is 0 Å². The van der Waals surface area contributed by atoms with Gasteiger partial charge in [-0.1, -0.05) is 23.2 Å². The maximum absolute atomic E-state index is 11.9. The molecule has 0 unspecified atom stereocenters. The zero-order chi connectivity index (χ0) is 20.7. The van der Waals surface area contributed by atoms with Crippen LogP contribution in [0.5, 0.6) is 0 Å². The van der Waals surface area contributed by atoms with E-state index in [2.05, 4.69) is 16.3 Å². The molecule has 5 nitrogen and oxygen atoms in total. The zero-order valence-electron chi connectivity index (χ0n) is 16.2. The van der Waals surface area contributed by atoms with Crippen LogP contribution in [0.1, 0.15) is 18.4 Å². The summed E-state index contributed by atoms with van der Waals surface area (Å²) in [6.07, 6.45) is 3.62. The van der Waals surface area contributed by atoms with Crippen LogP contribution in [-0.2, 0) is 6.54 Å². The maximum Gasteiger partial charge on any atom is 0.338 e. The van der Waals surface area contributed by atoms with Crippen molar-refractivity contribution >= 4 is 50.8 Å². The molecule has 0 spiro atoms. The van der Waals surface area contributed by atoms with E-state index < -0.39 is 0 Å². The van der Waals surface area contributed by atoms with Gasteiger partial charge >= 0.3 is 5.63 Å². The van der Waals surface area contributed by atoms with Crippen molar-refractivity contribution in [3.63, 3.8) is 0 Å². The molecule has 1 fully saturated rings. The highest BCUT2D eigenvalue weighted by Gasteiger charge is 2.21. The molecular formula is C23H20Cl2N2O3. The molecule has 7 heteroatoms. The fourth-order valence-electron chi connectivity index (χ4n) is 4.16. The minimum Gasteiger partial charge on any atom is -0.463 e. The van der Waals surface area contributed by atoms with Crippen molar-refractivity contribution in [1.82, 2.24) is 4.90 Å². The van der Waals surface area contributed by atoms with E-state index >= 15 is 0 Å². The number of anilines is 1. The molecule has 0 amide bonds. The SMILES string of the molecule is O=c1cc(NC2CCN(Cc3cc(Cl)c4occc4c3)CC2)c2cc(Cl)ccc2o1. The first-order valence-corrected chi connectivity index (χ1v) is 10.7. The number of fused-ring (bicyclic) bond motifs is 2. The molecule has 1 N–H and O–H groups in total. The lowest BCUT2D eigenvalue weighted by atomic mass is 10.0. The van der Waals surface area contributed by atoms with Crippen LogP contribution < -0.4 is 10.9 Å². The van der Waals surface area contributed by atoms with Gasteiger partial charge < -0.3 is 14.2 Å². The number of hydrogen-bond acceptors (Lipinski definition) is 5. The number of nitrogens with one attached hydrogen (secondary N) is 1. The fourth-order valence-corrected chi connectivity index (χ4v) is 4.62. The number of nitrogens with zero attached hydrogens (tertiary/aromatic N) is 1.